The monoisotopic (exact) mass is 385 g/mol. The maximum absolute atomic E-state index is 6.45. The number of aromatic nitrogens is 2. The van der Waals surface area contributed by atoms with Crippen LogP contribution in [0.3, 0.4) is 0 Å². The van der Waals surface area contributed by atoms with Gasteiger partial charge in [-0.3, -0.25) is 4.68 Å². The Balaban J connectivity index is 2.46. The fourth-order valence-electron chi connectivity index (χ4n) is 2.18. The Labute approximate surface area is 130 Å². The number of halogens is 2. The maximum Gasteiger partial charge on any atom is 0.0739 e. The van der Waals surface area contributed by atoms with Crippen molar-refractivity contribution in [2.75, 3.05) is 0 Å². The summed E-state index contributed by atoms with van der Waals surface area (Å²) in [5.41, 5.74) is 9.77. The minimum Gasteiger partial charge on any atom is -0.319 e. The molecule has 2 rings (SSSR count). The molecule has 1 aromatic heterocycles. The molecule has 1 atom stereocenters. The first kappa shape index (κ1) is 14.8. The third-order valence-electron chi connectivity index (χ3n) is 3.21. The lowest BCUT2D eigenvalue weighted by molar-refractivity contribution is 0.558. The van der Waals surface area contributed by atoms with Gasteiger partial charge in [0.2, 0.25) is 0 Å². The predicted octanol–water partition coefficient (Wildman–Crippen LogP) is 4.17. The van der Waals surface area contributed by atoms with Crippen molar-refractivity contribution in [2.24, 2.45) is 5.73 Å². The van der Waals surface area contributed by atoms with Crippen molar-refractivity contribution >= 4 is 31.9 Å². The Morgan fingerprint density at radius 3 is 2.74 bits per heavy atom. The van der Waals surface area contributed by atoms with E-state index in [1.54, 1.807) is 0 Å². The largest absolute Gasteiger partial charge is 0.319 e. The number of nitrogens with zero attached hydrogens (tertiary/aromatic N) is 2. The number of benzene rings is 1. The summed E-state index contributed by atoms with van der Waals surface area (Å²) in [4.78, 5) is 0. The molecule has 0 aliphatic carbocycles. The molecule has 0 saturated carbocycles. The first-order valence-electron chi connectivity index (χ1n) is 6.28. The maximum atomic E-state index is 6.45. The van der Waals surface area contributed by atoms with Crippen LogP contribution in [0, 0.1) is 6.92 Å². The van der Waals surface area contributed by atoms with Crippen molar-refractivity contribution in [3.05, 3.63) is 50.2 Å². The molecule has 2 aromatic rings. The van der Waals surface area contributed by atoms with Gasteiger partial charge in [0.25, 0.3) is 0 Å². The molecule has 19 heavy (non-hydrogen) atoms. The van der Waals surface area contributed by atoms with Crippen molar-refractivity contribution in [2.45, 2.75) is 32.9 Å². The van der Waals surface area contributed by atoms with E-state index in [9.17, 15) is 0 Å². The Kier molecular flexibility index (Phi) is 4.81. The van der Waals surface area contributed by atoms with Crippen LogP contribution in [0.5, 0.6) is 0 Å². The minimum absolute atomic E-state index is 0.180. The summed E-state index contributed by atoms with van der Waals surface area (Å²) in [6.07, 6.45) is 2.85. The molecule has 0 bridgehead atoms. The van der Waals surface area contributed by atoms with Gasteiger partial charge in [0.1, 0.15) is 0 Å². The molecule has 0 saturated heterocycles. The van der Waals surface area contributed by atoms with E-state index in [-0.39, 0.29) is 6.04 Å². The highest BCUT2D eigenvalue weighted by molar-refractivity contribution is 9.10. The zero-order valence-corrected chi connectivity index (χ0v) is 14.2. The molecule has 0 radical (unpaired) electrons. The fourth-order valence-corrected chi connectivity index (χ4v) is 3.10. The van der Waals surface area contributed by atoms with E-state index in [4.69, 9.17) is 5.73 Å². The van der Waals surface area contributed by atoms with Crippen molar-refractivity contribution in [1.29, 1.82) is 0 Å². The highest BCUT2D eigenvalue weighted by atomic mass is 79.9. The highest BCUT2D eigenvalue weighted by Gasteiger charge is 2.20. The van der Waals surface area contributed by atoms with Crippen LogP contribution >= 0.6 is 31.9 Å². The van der Waals surface area contributed by atoms with Crippen molar-refractivity contribution < 1.29 is 0 Å². The van der Waals surface area contributed by atoms with Gasteiger partial charge in [0.15, 0.2) is 0 Å². The van der Waals surface area contributed by atoms with Crippen LogP contribution in [0.4, 0.5) is 0 Å². The number of aryl methyl sites for hydroxylation is 1. The Morgan fingerprint density at radius 2 is 2.05 bits per heavy atom. The molecule has 1 aromatic carbocycles. The first-order chi connectivity index (χ1) is 9.06. The molecular weight excluding hydrogens is 370 g/mol. The van der Waals surface area contributed by atoms with Gasteiger partial charge in [-0.1, -0.05) is 35.0 Å². The molecule has 0 fully saturated rings. The zero-order chi connectivity index (χ0) is 14.0. The lowest BCUT2D eigenvalue weighted by atomic mass is 9.99. The van der Waals surface area contributed by atoms with Crippen LogP contribution in [0.1, 0.15) is 36.2 Å². The molecule has 0 aliphatic rings. The molecule has 1 heterocycles. The Morgan fingerprint density at radius 1 is 1.32 bits per heavy atom. The molecule has 0 amide bonds. The highest BCUT2D eigenvalue weighted by Crippen LogP contribution is 2.31. The molecule has 5 heteroatoms. The second kappa shape index (κ2) is 6.20. The normalized spacial score (nSPS) is 12.7. The van der Waals surface area contributed by atoms with Gasteiger partial charge in [-0.05, 0) is 46.5 Å². The summed E-state index contributed by atoms with van der Waals surface area (Å²) in [6.45, 7) is 5.09. The summed E-state index contributed by atoms with van der Waals surface area (Å²) < 4.78 is 4.03. The van der Waals surface area contributed by atoms with Crippen LogP contribution in [0.2, 0.25) is 0 Å². The molecule has 1 unspecified atom stereocenters. The summed E-state index contributed by atoms with van der Waals surface area (Å²) >= 11 is 7.11. The smallest absolute Gasteiger partial charge is 0.0739 e. The number of hydrogen-bond donors (Lipinski definition) is 1. The van der Waals surface area contributed by atoms with E-state index < -0.39 is 0 Å². The Bertz CT molecular complexity index is 578. The van der Waals surface area contributed by atoms with Crippen LogP contribution < -0.4 is 5.73 Å². The van der Waals surface area contributed by atoms with Gasteiger partial charge < -0.3 is 5.73 Å². The van der Waals surface area contributed by atoms with E-state index in [2.05, 4.69) is 56.9 Å². The standard InChI is InChI=1S/C14H17Br2N3/c1-3-7-19-14(12(16)8-18-19)13(17)10-5-4-6-11(15)9(10)2/h4-6,8,13H,3,7,17H2,1-2H3. The molecule has 0 aliphatic heterocycles. The average molecular weight is 387 g/mol. The lowest BCUT2D eigenvalue weighted by Gasteiger charge is -2.18. The van der Waals surface area contributed by atoms with Crippen LogP contribution in [0.15, 0.2) is 33.3 Å². The van der Waals surface area contributed by atoms with E-state index in [0.29, 0.717) is 0 Å². The molecule has 102 valence electrons. The van der Waals surface area contributed by atoms with E-state index in [1.807, 2.05) is 23.0 Å². The van der Waals surface area contributed by atoms with E-state index >= 15 is 0 Å². The average Bonchev–Trinajstić information content (AvgIpc) is 2.74. The molecular formula is C14H17Br2N3. The SMILES string of the molecule is CCCn1ncc(Br)c1C(N)c1cccc(Br)c1C. The van der Waals surface area contributed by atoms with Crippen molar-refractivity contribution in [3.8, 4) is 0 Å². The van der Waals surface area contributed by atoms with Gasteiger partial charge in [-0.2, -0.15) is 5.10 Å². The van der Waals surface area contributed by atoms with Gasteiger partial charge in [0, 0.05) is 11.0 Å². The van der Waals surface area contributed by atoms with Crippen LogP contribution in [-0.2, 0) is 6.54 Å². The third-order valence-corrected chi connectivity index (χ3v) is 4.68. The third kappa shape index (κ3) is 2.93. The summed E-state index contributed by atoms with van der Waals surface area (Å²) in [6, 6.07) is 5.94. The second-order valence-electron chi connectivity index (χ2n) is 4.53. The van der Waals surface area contributed by atoms with Gasteiger partial charge >= 0.3 is 0 Å². The van der Waals surface area contributed by atoms with Crippen molar-refractivity contribution in [1.82, 2.24) is 9.78 Å². The quantitative estimate of drug-likeness (QED) is 0.856. The number of rotatable bonds is 4. The van der Waals surface area contributed by atoms with Gasteiger partial charge in [-0.25, -0.2) is 0 Å². The van der Waals surface area contributed by atoms with Crippen molar-refractivity contribution in [3.63, 3.8) is 0 Å². The zero-order valence-electron chi connectivity index (χ0n) is 11.0. The fraction of sp³-hybridized carbons (Fsp3) is 0.357. The Hall–Kier alpha value is -0.650. The van der Waals surface area contributed by atoms with Gasteiger partial charge in [0.05, 0.1) is 22.4 Å². The number of hydrogen-bond acceptors (Lipinski definition) is 2. The van der Waals surface area contributed by atoms with E-state index in [0.717, 1.165) is 33.2 Å². The van der Waals surface area contributed by atoms with Gasteiger partial charge in [-0.15, -0.1) is 0 Å². The summed E-state index contributed by atoms with van der Waals surface area (Å²) in [7, 11) is 0. The lowest BCUT2D eigenvalue weighted by Crippen LogP contribution is -2.19. The minimum atomic E-state index is -0.180. The molecule has 2 N–H and O–H groups in total. The van der Waals surface area contributed by atoms with Crippen LogP contribution in [-0.4, -0.2) is 9.78 Å². The topological polar surface area (TPSA) is 43.8 Å². The summed E-state index contributed by atoms with van der Waals surface area (Å²) in [5.74, 6) is 0. The number of nitrogens with two attached hydrogens (primary N) is 1. The predicted molar refractivity (Wildman–Crippen MR) is 85.1 cm³/mol. The molecule has 0 spiro atoms. The van der Waals surface area contributed by atoms with E-state index in [1.165, 1.54) is 5.56 Å². The van der Waals surface area contributed by atoms with Crippen LogP contribution in [0.25, 0.3) is 0 Å². The summed E-state index contributed by atoms with van der Waals surface area (Å²) in [5, 5.41) is 4.38. The first-order valence-corrected chi connectivity index (χ1v) is 7.86. The molecule has 3 nitrogen and oxygen atoms in total. The second-order valence-corrected chi connectivity index (χ2v) is 6.24.